The minimum Gasteiger partial charge on any atom is -0.333 e. The number of hydrazine groups is 1. The normalized spacial score (nSPS) is 22.6. The van der Waals surface area contributed by atoms with E-state index in [2.05, 4.69) is 0 Å². The van der Waals surface area contributed by atoms with Crippen molar-refractivity contribution < 1.29 is 14.4 Å². The van der Waals surface area contributed by atoms with E-state index in [1.54, 1.807) is 21.9 Å². The quantitative estimate of drug-likeness (QED) is 0.716. The molecule has 2 heterocycles. The second-order valence-electron chi connectivity index (χ2n) is 7.49. The zero-order valence-electron chi connectivity index (χ0n) is 16.3. The van der Waals surface area contributed by atoms with E-state index in [1.807, 2.05) is 60.7 Å². The second kappa shape index (κ2) is 8.05. The predicted octanol–water partition coefficient (Wildman–Crippen LogP) is 1.11. The van der Waals surface area contributed by atoms with Crippen molar-refractivity contribution in [3.8, 4) is 0 Å². The number of carbonyl (C=O) groups excluding carboxylic acids is 3. The first kappa shape index (κ1) is 19.1. The van der Waals surface area contributed by atoms with Crippen LogP contribution in [0.5, 0.6) is 0 Å². The molecule has 2 aliphatic heterocycles. The fraction of sp³-hybridized carbons (Fsp3) is 0.318. The largest absolute Gasteiger partial charge is 0.333 e. The monoisotopic (exact) mass is 392 g/mol. The Kier molecular flexibility index (Phi) is 5.31. The Morgan fingerprint density at radius 3 is 2.21 bits per heavy atom. The first-order valence-corrected chi connectivity index (χ1v) is 9.71. The fourth-order valence-corrected chi connectivity index (χ4v) is 4.17. The first-order valence-electron chi connectivity index (χ1n) is 9.71. The van der Waals surface area contributed by atoms with Gasteiger partial charge in [-0.1, -0.05) is 60.7 Å². The molecule has 0 aliphatic carbocycles. The lowest BCUT2D eigenvalue weighted by Gasteiger charge is -2.53. The molecule has 7 nitrogen and oxygen atoms in total. The van der Waals surface area contributed by atoms with Crippen molar-refractivity contribution in [3.63, 3.8) is 0 Å². The lowest BCUT2D eigenvalue weighted by atomic mass is 9.98. The average Bonchev–Trinajstić information content (AvgIpc) is 2.72. The van der Waals surface area contributed by atoms with Crippen molar-refractivity contribution in [2.24, 2.45) is 0 Å². The molecule has 0 N–H and O–H groups in total. The number of hydrogen-bond acceptors (Lipinski definition) is 4. The number of nitrogens with zero attached hydrogens (tertiary/aromatic N) is 4. The van der Waals surface area contributed by atoms with Crippen LogP contribution in [0.15, 0.2) is 60.7 Å². The van der Waals surface area contributed by atoms with Gasteiger partial charge in [0.05, 0.1) is 13.1 Å². The minimum atomic E-state index is -0.636. The highest BCUT2D eigenvalue weighted by Crippen LogP contribution is 2.27. The van der Waals surface area contributed by atoms with Gasteiger partial charge in [0.15, 0.2) is 0 Å². The standard InChI is InChI=1S/C22H24N4O3/c1-23-15-21(28)26-19(12-17-8-4-2-5-9-17)22(29)24(14-20(26)25(23)16-27)13-18-10-6-3-7-11-18/h2-11,16,19-20H,12-15H2,1H3/t19-,20?/m0/s1. The number of benzene rings is 2. The zero-order chi connectivity index (χ0) is 20.4. The summed E-state index contributed by atoms with van der Waals surface area (Å²) in [7, 11) is 1.72. The van der Waals surface area contributed by atoms with E-state index < -0.39 is 12.2 Å². The van der Waals surface area contributed by atoms with Crippen LogP contribution in [0.1, 0.15) is 11.1 Å². The van der Waals surface area contributed by atoms with E-state index in [1.165, 1.54) is 5.01 Å². The van der Waals surface area contributed by atoms with E-state index in [9.17, 15) is 14.4 Å². The van der Waals surface area contributed by atoms with Gasteiger partial charge in [-0.2, -0.15) is 0 Å². The maximum absolute atomic E-state index is 13.4. The second-order valence-corrected chi connectivity index (χ2v) is 7.49. The van der Waals surface area contributed by atoms with Gasteiger partial charge < -0.3 is 9.80 Å². The number of carbonyl (C=O) groups is 3. The topological polar surface area (TPSA) is 64.2 Å². The summed E-state index contributed by atoms with van der Waals surface area (Å²) in [6, 6.07) is 18.8. The highest BCUT2D eigenvalue weighted by atomic mass is 16.2. The maximum atomic E-state index is 13.4. The van der Waals surface area contributed by atoms with Gasteiger partial charge in [0, 0.05) is 20.0 Å². The summed E-state index contributed by atoms with van der Waals surface area (Å²) in [6.45, 7) is 0.806. The summed E-state index contributed by atoms with van der Waals surface area (Å²) in [5, 5.41) is 3.14. The molecule has 7 heteroatoms. The molecule has 2 aromatic carbocycles. The molecule has 4 rings (SSSR count). The van der Waals surface area contributed by atoms with Gasteiger partial charge in [-0.3, -0.25) is 19.4 Å². The third kappa shape index (κ3) is 3.73. The van der Waals surface area contributed by atoms with Crippen LogP contribution in [-0.4, -0.2) is 70.4 Å². The Hall–Kier alpha value is -3.19. The van der Waals surface area contributed by atoms with Crippen LogP contribution in [0.25, 0.3) is 0 Å². The first-order chi connectivity index (χ1) is 14.1. The van der Waals surface area contributed by atoms with Crippen molar-refractivity contribution in [2.75, 3.05) is 20.1 Å². The molecule has 1 unspecified atom stereocenters. The molecule has 2 saturated heterocycles. The Morgan fingerprint density at radius 2 is 1.59 bits per heavy atom. The van der Waals surface area contributed by atoms with Gasteiger partial charge in [0.25, 0.3) is 0 Å². The molecule has 3 amide bonds. The smallest absolute Gasteiger partial charge is 0.246 e. The van der Waals surface area contributed by atoms with Crippen LogP contribution < -0.4 is 0 Å². The van der Waals surface area contributed by atoms with E-state index in [4.69, 9.17) is 0 Å². The van der Waals surface area contributed by atoms with Crippen molar-refractivity contribution >= 4 is 18.2 Å². The molecule has 29 heavy (non-hydrogen) atoms. The van der Waals surface area contributed by atoms with Crippen molar-refractivity contribution in [1.82, 2.24) is 19.8 Å². The van der Waals surface area contributed by atoms with E-state index in [0.29, 0.717) is 13.0 Å². The van der Waals surface area contributed by atoms with Crippen LogP contribution in [0, 0.1) is 0 Å². The van der Waals surface area contributed by atoms with Gasteiger partial charge in [0.2, 0.25) is 18.2 Å². The van der Waals surface area contributed by atoms with Gasteiger partial charge in [-0.15, -0.1) is 0 Å². The van der Waals surface area contributed by atoms with Crippen LogP contribution in [-0.2, 0) is 27.3 Å². The Balaban J connectivity index is 1.68. The molecule has 0 radical (unpaired) electrons. The molecule has 2 atom stereocenters. The van der Waals surface area contributed by atoms with Crippen molar-refractivity contribution in [2.45, 2.75) is 25.2 Å². The SMILES string of the molecule is CN1CC(=O)N2C(CN(Cc3ccccc3)C(=O)[C@@H]2Cc2ccccc2)N1C=O. The summed E-state index contributed by atoms with van der Waals surface area (Å²) in [5.41, 5.74) is 2.00. The number of hydrogen-bond donors (Lipinski definition) is 0. The Labute approximate surface area is 170 Å². The van der Waals surface area contributed by atoms with Crippen molar-refractivity contribution in [1.29, 1.82) is 0 Å². The average molecular weight is 392 g/mol. The molecule has 0 saturated carbocycles. The van der Waals surface area contributed by atoms with Crippen LogP contribution in [0.3, 0.4) is 0 Å². The summed E-state index contributed by atoms with van der Waals surface area (Å²) >= 11 is 0. The molecule has 0 bridgehead atoms. The molecule has 150 valence electrons. The summed E-state index contributed by atoms with van der Waals surface area (Å²) in [5.74, 6) is -0.220. The third-order valence-corrected chi connectivity index (χ3v) is 5.59. The number of rotatable bonds is 5. The van der Waals surface area contributed by atoms with Crippen LogP contribution >= 0.6 is 0 Å². The van der Waals surface area contributed by atoms with Crippen LogP contribution in [0.4, 0.5) is 0 Å². The molecule has 2 aromatic rings. The molecule has 2 aliphatic rings. The lowest BCUT2D eigenvalue weighted by Crippen LogP contribution is -2.74. The summed E-state index contributed by atoms with van der Waals surface area (Å²) in [6.07, 6.45) is 0.651. The third-order valence-electron chi connectivity index (χ3n) is 5.59. The van der Waals surface area contributed by atoms with Gasteiger partial charge in [-0.25, -0.2) is 5.01 Å². The Morgan fingerprint density at radius 1 is 0.966 bits per heavy atom. The molecular formula is C22H24N4O3. The Bertz CT molecular complexity index is 889. The highest BCUT2D eigenvalue weighted by Gasteiger charge is 2.48. The summed E-state index contributed by atoms with van der Waals surface area (Å²) < 4.78 is 0. The maximum Gasteiger partial charge on any atom is 0.246 e. The fourth-order valence-electron chi connectivity index (χ4n) is 4.17. The molecular weight excluding hydrogens is 368 g/mol. The minimum absolute atomic E-state index is 0.0759. The van der Waals surface area contributed by atoms with Gasteiger partial charge in [-0.05, 0) is 11.1 Å². The van der Waals surface area contributed by atoms with Gasteiger partial charge in [0.1, 0.15) is 12.2 Å². The highest BCUT2D eigenvalue weighted by molar-refractivity contribution is 5.91. The van der Waals surface area contributed by atoms with Gasteiger partial charge >= 0.3 is 0 Å². The zero-order valence-corrected chi connectivity index (χ0v) is 16.3. The molecule has 2 fully saturated rings. The summed E-state index contributed by atoms with van der Waals surface area (Å²) in [4.78, 5) is 41.5. The van der Waals surface area contributed by atoms with E-state index in [-0.39, 0.29) is 24.9 Å². The molecule has 0 aromatic heterocycles. The number of likely N-dealkylation sites (N-methyl/N-ethyl adjacent to an activating group) is 1. The van der Waals surface area contributed by atoms with E-state index in [0.717, 1.165) is 17.5 Å². The number of amides is 3. The lowest BCUT2D eigenvalue weighted by molar-refractivity contribution is -0.196. The van der Waals surface area contributed by atoms with Crippen LogP contribution in [0.2, 0.25) is 0 Å². The van der Waals surface area contributed by atoms with E-state index >= 15 is 0 Å². The number of piperazine rings is 1. The van der Waals surface area contributed by atoms with Crippen molar-refractivity contribution in [3.05, 3.63) is 71.8 Å². The predicted molar refractivity (Wildman–Crippen MR) is 107 cm³/mol. The molecule has 0 spiro atoms. The number of fused-ring (bicyclic) bond motifs is 1.